The van der Waals surface area contributed by atoms with Crippen LogP contribution in [0.2, 0.25) is 0 Å². The third-order valence-corrected chi connectivity index (χ3v) is 7.05. The highest BCUT2D eigenvalue weighted by molar-refractivity contribution is 5.65. The maximum Gasteiger partial charge on any atom is 0.131 e. The Kier molecular flexibility index (Phi) is 8.33. The first-order valence-corrected chi connectivity index (χ1v) is 12.0. The number of rotatable bonds is 9. The Morgan fingerprint density at radius 3 is 2.10 bits per heavy atom. The summed E-state index contributed by atoms with van der Waals surface area (Å²) in [6.07, 6.45) is 13.1. The van der Waals surface area contributed by atoms with Gasteiger partial charge in [-0.1, -0.05) is 102 Å². The van der Waals surface area contributed by atoms with E-state index in [1.807, 2.05) is 6.07 Å². The summed E-state index contributed by atoms with van der Waals surface area (Å²) in [6, 6.07) is 14.4. The lowest BCUT2D eigenvalue weighted by Gasteiger charge is -2.28. The molecule has 0 radical (unpaired) electrons. The van der Waals surface area contributed by atoms with Gasteiger partial charge in [0.25, 0.3) is 0 Å². The second-order valence-electron chi connectivity index (χ2n) is 9.34. The van der Waals surface area contributed by atoms with Gasteiger partial charge in [0, 0.05) is 5.56 Å². The smallest absolute Gasteiger partial charge is 0.131 e. The number of benzene rings is 2. The number of halogens is 1. The number of hydrogen-bond donors (Lipinski definition) is 0. The average molecular weight is 395 g/mol. The molecule has 1 aliphatic rings. The van der Waals surface area contributed by atoms with Crippen molar-refractivity contribution in [2.24, 2.45) is 11.8 Å². The van der Waals surface area contributed by atoms with Crippen molar-refractivity contribution in [3.63, 3.8) is 0 Å². The second kappa shape index (κ2) is 11.0. The lowest BCUT2D eigenvalue weighted by molar-refractivity contribution is 0.252. The first-order valence-electron chi connectivity index (χ1n) is 12.0. The van der Waals surface area contributed by atoms with Crippen LogP contribution in [0.1, 0.15) is 95.6 Å². The van der Waals surface area contributed by atoms with Crippen molar-refractivity contribution >= 4 is 0 Å². The van der Waals surface area contributed by atoms with Gasteiger partial charge in [0.05, 0.1) is 0 Å². The molecule has 1 atom stereocenters. The highest BCUT2D eigenvalue weighted by Gasteiger charge is 2.20. The van der Waals surface area contributed by atoms with Crippen LogP contribution in [-0.4, -0.2) is 0 Å². The van der Waals surface area contributed by atoms with E-state index in [2.05, 4.69) is 51.1 Å². The molecule has 29 heavy (non-hydrogen) atoms. The molecule has 2 aromatic carbocycles. The SMILES string of the molecule is CCCC(C)c1ccc(-c2ccc(CC[C@H]3CC[C@H](CCC)CC3)cc2)c(F)c1. The normalized spacial score (nSPS) is 20.6. The van der Waals surface area contributed by atoms with Gasteiger partial charge in [-0.05, 0) is 59.8 Å². The summed E-state index contributed by atoms with van der Waals surface area (Å²) in [6.45, 7) is 6.67. The summed E-state index contributed by atoms with van der Waals surface area (Å²) in [7, 11) is 0. The lowest BCUT2D eigenvalue weighted by atomic mass is 9.78. The summed E-state index contributed by atoms with van der Waals surface area (Å²) < 4.78 is 14.7. The van der Waals surface area contributed by atoms with E-state index in [-0.39, 0.29) is 5.82 Å². The lowest BCUT2D eigenvalue weighted by Crippen LogP contribution is -2.15. The predicted molar refractivity (Wildman–Crippen MR) is 124 cm³/mol. The molecule has 3 rings (SSSR count). The fourth-order valence-electron chi connectivity index (χ4n) is 5.11. The Morgan fingerprint density at radius 1 is 0.862 bits per heavy atom. The first-order chi connectivity index (χ1) is 14.1. The quantitative estimate of drug-likeness (QED) is 0.398. The molecule has 0 nitrogen and oxygen atoms in total. The van der Waals surface area contributed by atoms with Gasteiger partial charge in [0.1, 0.15) is 5.82 Å². The van der Waals surface area contributed by atoms with Crippen LogP contribution in [0.5, 0.6) is 0 Å². The zero-order valence-corrected chi connectivity index (χ0v) is 18.7. The van der Waals surface area contributed by atoms with Crippen molar-refractivity contribution in [1.29, 1.82) is 0 Å². The van der Waals surface area contributed by atoms with Crippen molar-refractivity contribution in [3.8, 4) is 11.1 Å². The monoisotopic (exact) mass is 394 g/mol. The predicted octanol–water partition coefficient (Wildman–Crippen LogP) is 8.94. The standard InChI is InChI=1S/C28H39F/c1-4-6-21(3)26-18-19-27(28(29)20-26)25-16-14-24(15-17-25)13-12-23-10-8-22(7-5-2)9-11-23/h14-23H,4-13H2,1-3H3/t21?,22-,23-. The molecule has 1 saturated carbocycles. The van der Waals surface area contributed by atoms with Gasteiger partial charge in [-0.2, -0.15) is 0 Å². The Balaban J connectivity index is 1.55. The third-order valence-electron chi connectivity index (χ3n) is 7.05. The van der Waals surface area contributed by atoms with Gasteiger partial charge in [0.15, 0.2) is 0 Å². The third kappa shape index (κ3) is 6.17. The maximum atomic E-state index is 14.7. The summed E-state index contributed by atoms with van der Waals surface area (Å²) >= 11 is 0. The minimum absolute atomic E-state index is 0.0953. The van der Waals surface area contributed by atoms with Crippen molar-refractivity contribution in [1.82, 2.24) is 0 Å². The summed E-state index contributed by atoms with van der Waals surface area (Å²) in [5.41, 5.74) is 4.20. The van der Waals surface area contributed by atoms with E-state index in [4.69, 9.17) is 0 Å². The van der Waals surface area contributed by atoms with Crippen molar-refractivity contribution in [2.45, 2.75) is 90.9 Å². The van der Waals surface area contributed by atoms with E-state index in [0.717, 1.165) is 47.8 Å². The van der Waals surface area contributed by atoms with Gasteiger partial charge < -0.3 is 0 Å². The van der Waals surface area contributed by atoms with Crippen LogP contribution in [0, 0.1) is 17.7 Å². The summed E-state index contributed by atoms with van der Waals surface area (Å²) in [5.74, 6) is 2.21. The molecule has 0 bridgehead atoms. The molecular formula is C28H39F. The Hall–Kier alpha value is -1.63. The molecule has 1 heteroatoms. The van der Waals surface area contributed by atoms with E-state index in [0.29, 0.717) is 5.92 Å². The van der Waals surface area contributed by atoms with Gasteiger partial charge in [-0.25, -0.2) is 4.39 Å². The van der Waals surface area contributed by atoms with E-state index in [9.17, 15) is 4.39 Å². The zero-order valence-electron chi connectivity index (χ0n) is 18.7. The van der Waals surface area contributed by atoms with Crippen LogP contribution in [0.3, 0.4) is 0 Å². The van der Waals surface area contributed by atoms with Crippen LogP contribution in [-0.2, 0) is 6.42 Å². The molecule has 0 amide bonds. The molecule has 0 saturated heterocycles. The largest absolute Gasteiger partial charge is 0.206 e. The molecule has 0 aromatic heterocycles. The van der Waals surface area contributed by atoms with Gasteiger partial charge in [-0.3, -0.25) is 0 Å². The molecule has 0 spiro atoms. The summed E-state index contributed by atoms with van der Waals surface area (Å²) in [4.78, 5) is 0. The van der Waals surface area contributed by atoms with Gasteiger partial charge >= 0.3 is 0 Å². The fourth-order valence-corrected chi connectivity index (χ4v) is 5.11. The molecule has 1 unspecified atom stereocenters. The highest BCUT2D eigenvalue weighted by Crippen LogP contribution is 2.34. The van der Waals surface area contributed by atoms with E-state index in [1.54, 1.807) is 6.07 Å². The van der Waals surface area contributed by atoms with E-state index >= 15 is 0 Å². The fraction of sp³-hybridized carbons (Fsp3) is 0.571. The van der Waals surface area contributed by atoms with Crippen molar-refractivity contribution < 1.29 is 4.39 Å². The van der Waals surface area contributed by atoms with E-state index < -0.39 is 0 Å². The first kappa shape index (κ1) is 22.1. The van der Waals surface area contributed by atoms with E-state index in [1.165, 1.54) is 50.5 Å². The van der Waals surface area contributed by atoms with Crippen LogP contribution in [0.25, 0.3) is 11.1 Å². The Labute approximate surface area is 177 Å². The van der Waals surface area contributed by atoms with Crippen LogP contribution >= 0.6 is 0 Å². The molecular weight excluding hydrogens is 355 g/mol. The molecule has 0 N–H and O–H groups in total. The molecule has 0 aliphatic heterocycles. The topological polar surface area (TPSA) is 0 Å². The van der Waals surface area contributed by atoms with Gasteiger partial charge in [-0.15, -0.1) is 0 Å². The minimum atomic E-state index is -0.0953. The van der Waals surface area contributed by atoms with Crippen molar-refractivity contribution in [2.75, 3.05) is 0 Å². The summed E-state index contributed by atoms with van der Waals surface area (Å²) in [5, 5.41) is 0. The van der Waals surface area contributed by atoms with Gasteiger partial charge in [0.2, 0.25) is 0 Å². The molecule has 1 aliphatic carbocycles. The zero-order chi connectivity index (χ0) is 20.6. The van der Waals surface area contributed by atoms with Crippen molar-refractivity contribution in [3.05, 3.63) is 59.4 Å². The van der Waals surface area contributed by atoms with Crippen LogP contribution in [0.4, 0.5) is 4.39 Å². The highest BCUT2D eigenvalue weighted by atomic mass is 19.1. The maximum absolute atomic E-state index is 14.7. The molecule has 0 heterocycles. The Morgan fingerprint density at radius 2 is 1.52 bits per heavy atom. The minimum Gasteiger partial charge on any atom is -0.206 e. The number of hydrogen-bond acceptors (Lipinski definition) is 0. The van der Waals surface area contributed by atoms with Crippen LogP contribution in [0.15, 0.2) is 42.5 Å². The average Bonchev–Trinajstić information content (AvgIpc) is 2.74. The molecule has 2 aromatic rings. The van der Waals surface area contributed by atoms with Crippen LogP contribution < -0.4 is 0 Å². The Bertz CT molecular complexity index is 737. The molecule has 1 fully saturated rings. The second-order valence-corrected chi connectivity index (χ2v) is 9.34. The number of aryl methyl sites for hydroxylation is 1. The molecule has 158 valence electrons.